The van der Waals surface area contributed by atoms with Gasteiger partial charge in [0.15, 0.2) is 0 Å². The first-order chi connectivity index (χ1) is 7.42. The molecule has 0 aromatic heterocycles. The second-order valence-electron chi connectivity index (χ2n) is 4.03. The average molecular weight is 268 g/mol. The van der Waals surface area contributed by atoms with Gasteiger partial charge in [0.25, 0.3) is 0 Å². The van der Waals surface area contributed by atoms with Gasteiger partial charge in [-0.1, -0.05) is 12.1 Å². The third kappa shape index (κ3) is 2.91. The summed E-state index contributed by atoms with van der Waals surface area (Å²) in [5.41, 5.74) is 5.44. The standard InChI is InChI=1S/C11H12F3NO.ClH/c12-11(13,14)9-3-1-8(2-4-9)10(15)5-6-16-7-10;/h1-4H,5-7,15H2;1H. The summed E-state index contributed by atoms with van der Waals surface area (Å²) in [6, 6.07) is 4.97. The fraction of sp³-hybridized carbons (Fsp3) is 0.455. The second kappa shape index (κ2) is 4.84. The first kappa shape index (κ1) is 14.3. The minimum absolute atomic E-state index is 0. The molecular weight excluding hydrogens is 255 g/mol. The largest absolute Gasteiger partial charge is 0.416 e. The molecule has 0 bridgehead atoms. The van der Waals surface area contributed by atoms with Crippen LogP contribution in [-0.4, -0.2) is 13.2 Å². The van der Waals surface area contributed by atoms with Crippen LogP contribution < -0.4 is 5.73 Å². The van der Waals surface area contributed by atoms with Crippen molar-refractivity contribution in [2.24, 2.45) is 5.73 Å². The summed E-state index contributed by atoms with van der Waals surface area (Å²) < 4.78 is 42.2. The van der Waals surface area contributed by atoms with Crippen LogP contribution in [0.15, 0.2) is 24.3 Å². The van der Waals surface area contributed by atoms with Crippen LogP contribution >= 0.6 is 12.4 Å². The van der Waals surface area contributed by atoms with Crippen LogP contribution in [0.4, 0.5) is 13.2 Å². The molecule has 1 fully saturated rings. The van der Waals surface area contributed by atoms with Gasteiger partial charge in [0.05, 0.1) is 17.7 Å². The van der Waals surface area contributed by atoms with E-state index in [0.29, 0.717) is 25.2 Å². The van der Waals surface area contributed by atoms with Gasteiger partial charge < -0.3 is 10.5 Å². The summed E-state index contributed by atoms with van der Waals surface area (Å²) in [6.07, 6.45) is -3.66. The molecule has 96 valence electrons. The second-order valence-corrected chi connectivity index (χ2v) is 4.03. The quantitative estimate of drug-likeness (QED) is 0.849. The van der Waals surface area contributed by atoms with Gasteiger partial charge in [0.2, 0.25) is 0 Å². The molecule has 1 atom stereocenters. The Bertz CT molecular complexity index is 371. The van der Waals surface area contributed by atoms with E-state index in [1.165, 1.54) is 12.1 Å². The highest BCUT2D eigenvalue weighted by atomic mass is 35.5. The van der Waals surface area contributed by atoms with Crippen molar-refractivity contribution in [3.8, 4) is 0 Å². The molecule has 1 heterocycles. The van der Waals surface area contributed by atoms with E-state index in [-0.39, 0.29) is 12.4 Å². The lowest BCUT2D eigenvalue weighted by Crippen LogP contribution is -2.36. The molecule has 0 amide bonds. The van der Waals surface area contributed by atoms with E-state index in [9.17, 15) is 13.2 Å². The number of hydrogen-bond acceptors (Lipinski definition) is 2. The minimum Gasteiger partial charge on any atom is -0.379 e. The highest BCUT2D eigenvalue weighted by molar-refractivity contribution is 5.85. The van der Waals surface area contributed by atoms with E-state index in [1.54, 1.807) is 0 Å². The predicted octanol–water partition coefficient (Wildman–Crippen LogP) is 2.70. The van der Waals surface area contributed by atoms with E-state index >= 15 is 0 Å². The Morgan fingerprint density at radius 3 is 2.18 bits per heavy atom. The Labute approximate surface area is 103 Å². The van der Waals surface area contributed by atoms with Crippen molar-refractivity contribution < 1.29 is 17.9 Å². The fourth-order valence-corrected chi connectivity index (χ4v) is 1.80. The fourth-order valence-electron chi connectivity index (χ4n) is 1.80. The number of halogens is 4. The van der Waals surface area contributed by atoms with E-state index in [2.05, 4.69) is 0 Å². The molecule has 1 aliphatic rings. The van der Waals surface area contributed by atoms with Crippen LogP contribution in [0.1, 0.15) is 17.5 Å². The van der Waals surface area contributed by atoms with E-state index < -0.39 is 17.3 Å². The van der Waals surface area contributed by atoms with Crippen molar-refractivity contribution in [2.45, 2.75) is 18.1 Å². The van der Waals surface area contributed by atoms with Gasteiger partial charge in [0, 0.05) is 6.61 Å². The zero-order valence-corrected chi connectivity index (χ0v) is 9.77. The summed E-state index contributed by atoms with van der Waals surface area (Å²) >= 11 is 0. The van der Waals surface area contributed by atoms with Gasteiger partial charge in [-0.05, 0) is 24.1 Å². The first-order valence-corrected chi connectivity index (χ1v) is 4.96. The Balaban J connectivity index is 0.00000144. The Morgan fingerprint density at radius 1 is 1.18 bits per heavy atom. The van der Waals surface area contributed by atoms with Crippen LogP contribution in [0, 0.1) is 0 Å². The third-order valence-electron chi connectivity index (χ3n) is 2.84. The Kier molecular flexibility index (Phi) is 4.06. The van der Waals surface area contributed by atoms with Crippen molar-refractivity contribution in [2.75, 3.05) is 13.2 Å². The lowest BCUT2D eigenvalue weighted by atomic mass is 9.90. The van der Waals surface area contributed by atoms with Gasteiger partial charge in [-0.2, -0.15) is 13.2 Å². The molecule has 1 aliphatic heterocycles. The number of ether oxygens (including phenoxy) is 1. The summed E-state index contributed by atoms with van der Waals surface area (Å²) in [4.78, 5) is 0. The lowest BCUT2D eigenvalue weighted by molar-refractivity contribution is -0.137. The van der Waals surface area contributed by atoms with Gasteiger partial charge in [-0.15, -0.1) is 12.4 Å². The predicted molar refractivity (Wildman–Crippen MR) is 60.0 cm³/mol. The number of nitrogens with two attached hydrogens (primary N) is 1. The van der Waals surface area contributed by atoms with Crippen molar-refractivity contribution in [3.05, 3.63) is 35.4 Å². The summed E-state index contributed by atoms with van der Waals surface area (Å²) in [7, 11) is 0. The molecule has 2 nitrogen and oxygen atoms in total. The minimum atomic E-state index is -4.30. The molecule has 17 heavy (non-hydrogen) atoms. The van der Waals surface area contributed by atoms with Crippen LogP contribution in [0.2, 0.25) is 0 Å². The van der Waals surface area contributed by atoms with Gasteiger partial charge in [-0.3, -0.25) is 0 Å². The number of benzene rings is 1. The van der Waals surface area contributed by atoms with Crippen molar-refractivity contribution >= 4 is 12.4 Å². The zero-order chi connectivity index (χ0) is 11.8. The zero-order valence-electron chi connectivity index (χ0n) is 8.96. The number of alkyl halides is 3. The number of hydrogen-bond donors (Lipinski definition) is 1. The summed E-state index contributed by atoms with van der Waals surface area (Å²) in [5.74, 6) is 0. The van der Waals surface area contributed by atoms with Gasteiger partial charge in [-0.25, -0.2) is 0 Å². The molecule has 2 N–H and O–H groups in total. The lowest BCUT2D eigenvalue weighted by Gasteiger charge is -2.22. The molecule has 0 saturated carbocycles. The molecule has 0 spiro atoms. The van der Waals surface area contributed by atoms with Crippen molar-refractivity contribution in [3.63, 3.8) is 0 Å². The third-order valence-corrected chi connectivity index (χ3v) is 2.84. The van der Waals surface area contributed by atoms with Gasteiger partial charge >= 0.3 is 6.18 Å². The van der Waals surface area contributed by atoms with Crippen LogP contribution in [0.25, 0.3) is 0 Å². The molecule has 6 heteroatoms. The normalized spacial score (nSPS) is 24.5. The van der Waals surface area contributed by atoms with Crippen LogP contribution in [0.5, 0.6) is 0 Å². The molecule has 1 aromatic carbocycles. The maximum absolute atomic E-state index is 12.3. The number of rotatable bonds is 1. The van der Waals surface area contributed by atoms with Crippen LogP contribution in [0.3, 0.4) is 0 Å². The average Bonchev–Trinajstić information content (AvgIpc) is 2.66. The molecule has 1 aromatic rings. The Morgan fingerprint density at radius 2 is 1.76 bits per heavy atom. The smallest absolute Gasteiger partial charge is 0.379 e. The SMILES string of the molecule is Cl.NC1(c2ccc(C(F)(F)F)cc2)CCOC1. The van der Waals surface area contributed by atoms with Crippen LogP contribution in [-0.2, 0) is 16.5 Å². The van der Waals surface area contributed by atoms with Crippen molar-refractivity contribution in [1.29, 1.82) is 0 Å². The van der Waals surface area contributed by atoms with E-state index in [0.717, 1.165) is 12.1 Å². The molecule has 0 radical (unpaired) electrons. The molecule has 1 saturated heterocycles. The van der Waals surface area contributed by atoms with Gasteiger partial charge in [0.1, 0.15) is 0 Å². The van der Waals surface area contributed by atoms with Crippen molar-refractivity contribution in [1.82, 2.24) is 0 Å². The molecule has 0 aliphatic carbocycles. The monoisotopic (exact) mass is 267 g/mol. The molecular formula is C11H13ClF3NO. The highest BCUT2D eigenvalue weighted by Gasteiger charge is 2.34. The molecule has 2 rings (SSSR count). The summed E-state index contributed by atoms with van der Waals surface area (Å²) in [6.45, 7) is 0.913. The molecule has 1 unspecified atom stereocenters. The topological polar surface area (TPSA) is 35.2 Å². The Hall–Kier alpha value is -0.780. The van der Waals surface area contributed by atoms with E-state index in [1.807, 2.05) is 0 Å². The first-order valence-electron chi connectivity index (χ1n) is 4.96. The maximum Gasteiger partial charge on any atom is 0.416 e. The van der Waals surface area contributed by atoms with E-state index in [4.69, 9.17) is 10.5 Å². The highest BCUT2D eigenvalue weighted by Crippen LogP contribution is 2.32. The maximum atomic E-state index is 12.3. The summed E-state index contributed by atoms with van der Waals surface area (Å²) in [5, 5.41) is 0.